The molecule has 0 bridgehead atoms. The van der Waals surface area contributed by atoms with Crippen LogP contribution in [0.4, 0.5) is 0 Å². The van der Waals surface area contributed by atoms with E-state index >= 15 is 0 Å². The van der Waals surface area contributed by atoms with Gasteiger partial charge < -0.3 is 9.30 Å². The number of aryl methyl sites for hydroxylation is 2. The van der Waals surface area contributed by atoms with Crippen LogP contribution in [0.3, 0.4) is 0 Å². The van der Waals surface area contributed by atoms with Crippen LogP contribution >= 0.6 is 15.9 Å². The number of hydrogen-bond acceptors (Lipinski definition) is 2. The molecule has 18 heavy (non-hydrogen) atoms. The Morgan fingerprint density at radius 3 is 2.94 bits per heavy atom. The van der Waals surface area contributed by atoms with Gasteiger partial charge in [0, 0.05) is 12.6 Å². The van der Waals surface area contributed by atoms with Crippen molar-refractivity contribution in [2.24, 2.45) is 7.05 Å². The van der Waals surface area contributed by atoms with Gasteiger partial charge in [-0.25, -0.2) is 4.98 Å². The molecule has 0 atom stereocenters. The molecule has 1 aliphatic rings. The van der Waals surface area contributed by atoms with Crippen LogP contribution < -0.4 is 4.74 Å². The van der Waals surface area contributed by atoms with E-state index in [2.05, 4.69) is 43.7 Å². The lowest BCUT2D eigenvalue weighted by molar-refractivity contribution is 0.288. The molecule has 3 nitrogen and oxygen atoms in total. The predicted molar refractivity (Wildman–Crippen MR) is 74.9 cm³/mol. The fourth-order valence-electron chi connectivity index (χ4n) is 2.39. The summed E-state index contributed by atoms with van der Waals surface area (Å²) in [6.07, 6.45) is 2.19. The summed E-state index contributed by atoms with van der Waals surface area (Å²) in [4.78, 5) is 4.45. The Morgan fingerprint density at radius 2 is 2.22 bits per heavy atom. The van der Waals surface area contributed by atoms with Crippen LogP contribution in [0.25, 0.3) is 11.3 Å². The molecule has 1 aromatic carbocycles. The highest BCUT2D eigenvalue weighted by molar-refractivity contribution is 9.10. The highest BCUT2D eigenvalue weighted by Crippen LogP contribution is 2.33. The summed E-state index contributed by atoms with van der Waals surface area (Å²) in [6, 6.07) is 6.39. The maximum Gasteiger partial charge on any atom is 0.132 e. The summed E-state index contributed by atoms with van der Waals surface area (Å²) < 4.78 is 8.65. The van der Waals surface area contributed by atoms with Gasteiger partial charge in [-0.1, -0.05) is 0 Å². The minimum absolute atomic E-state index is 0.834. The molecular weight excluding hydrogens is 292 g/mol. The summed E-state index contributed by atoms with van der Waals surface area (Å²) in [7, 11) is 2.04. The van der Waals surface area contributed by atoms with Crippen LogP contribution in [0.1, 0.15) is 17.8 Å². The number of imidazole rings is 1. The van der Waals surface area contributed by atoms with E-state index in [0.29, 0.717) is 0 Å². The number of nitrogens with zero attached hydrogens (tertiary/aromatic N) is 2. The molecule has 0 unspecified atom stereocenters. The van der Waals surface area contributed by atoms with Crippen molar-refractivity contribution in [3.05, 3.63) is 34.2 Å². The van der Waals surface area contributed by atoms with Crippen LogP contribution in [-0.4, -0.2) is 16.2 Å². The smallest absolute Gasteiger partial charge is 0.132 e. The van der Waals surface area contributed by atoms with Crippen LogP contribution in [-0.2, 0) is 13.5 Å². The van der Waals surface area contributed by atoms with Crippen molar-refractivity contribution in [2.75, 3.05) is 6.61 Å². The number of benzene rings is 1. The molecule has 1 aliphatic heterocycles. The second-order valence-corrected chi connectivity index (χ2v) is 5.38. The third kappa shape index (κ3) is 1.85. The van der Waals surface area contributed by atoms with Gasteiger partial charge in [0.2, 0.25) is 0 Å². The van der Waals surface area contributed by atoms with Gasteiger partial charge in [0.15, 0.2) is 0 Å². The van der Waals surface area contributed by atoms with E-state index in [1.165, 1.54) is 11.1 Å². The number of fused-ring (bicyclic) bond motifs is 1. The number of rotatable bonds is 1. The van der Waals surface area contributed by atoms with Crippen molar-refractivity contribution >= 4 is 15.9 Å². The Bertz CT molecular complexity index is 604. The van der Waals surface area contributed by atoms with Crippen LogP contribution in [0, 0.1) is 6.92 Å². The molecule has 0 radical (unpaired) electrons. The minimum Gasteiger partial charge on any atom is -0.493 e. The molecule has 3 rings (SSSR count). The van der Waals surface area contributed by atoms with Gasteiger partial charge in [-0.3, -0.25) is 0 Å². The maximum absolute atomic E-state index is 5.65. The van der Waals surface area contributed by atoms with Crippen molar-refractivity contribution in [3.63, 3.8) is 0 Å². The SMILES string of the molecule is Cc1nc(Br)c(-c2ccc3c(c2)CCCO3)n1C. The zero-order chi connectivity index (χ0) is 12.7. The molecule has 0 spiro atoms. The van der Waals surface area contributed by atoms with Gasteiger partial charge in [0.05, 0.1) is 12.3 Å². The molecule has 0 amide bonds. The molecule has 0 fully saturated rings. The molecule has 1 aromatic heterocycles. The third-order valence-electron chi connectivity index (χ3n) is 3.46. The van der Waals surface area contributed by atoms with E-state index < -0.39 is 0 Å². The van der Waals surface area contributed by atoms with Crippen LogP contribution in [0.2, 0.25) is 0 Å². The second-order valence-electron chi connectivity index (χ2n) is 4.63. The van der Waals surface area contributed by atoms with Crippen molar-refractivity contribution in [2.45, 2.75) is 19.8 Å². The number of hydrogen-bond donors (Lipinski definition) is 0. The van der Waals surface area contributed by atoms with E-state index in [1.54, 1.807) is 0 Å². The molecule has 0 aliphatic carbocycles. The zero-order valence-corrected chi connectivity index (χ0v) is 12.1. The highest BCUT2D eigenvalue weighted by atomic mass is 79.9. The molecule has 2 aromatic rings. The van der Waals surface area contributed by atoms with E-state index in [9.17, 15) is 0 Å². The van der Waals surface area contributed by atoms with Crippen LogP contribution in [0.15, 0.2) is 22.8 Å². The highest BCUT2D eigenvalue weighted by Gasteiger charge is 2.16. The van der Waals surface area contributed by atoms with Gasteiger partial charge in [-0.05, 0) is 59.5 Å². The number of aromatic nitrogens is 2. The number of halogens is 1. The fraction of sp³-hybridized carbons (Fsp3) is 0.357. The van der Waals surface area contributed by atoms with Gasteiger partial charge in [-0.15, -0.1) is 0 Å². The predicted octanol–water partition coefficient (Wildman–Crippen LogP) is 3.48. The first-order valence-electron chi connectivity index (χ1n) is 6.12. The lowest BCUT2D eigenvalue weighted by atomic mass is 10.0. The van der Waals surface area contributed by atoms with Gasteiger partial charge >= 0.3 is 0 Å². The third-order valence-corrected chi connectivity index (χ3v) is 4.01. The molecule has 0 saturated carbocycles. The summed E-state index contributed by atoms with van der Waals surface area (Å²) in [5, 5.41) is 0. The zero-order valence-electron chi connectivity index (χ0n) is 10.5. The Morgan fingerprint density at radius 1 is 1.39 bits per heavy atom. The molecule has 2 heterocycles. The molecule has 0 N–H and O–H groups in total. The topological polar surface area (TPSA) is 27.1 Å². The first kappa shape index (κ1) is 11.8. The summed E-state index contributed by atoms with van der Waals surface area (Å²) in [6.45, 7) is 2.84. The lowest BCUT2D eigenvalue weighted by Gasteiger charge is -2.18. The Hall–Kier alpha value is -1.29. The monoisotopic (exact) mass is 306 g/mol. The van der Waals surface area contributed by atoms with Gasteiger partial charge in [0.1, 0.15) is 16.2 Å². The molecule has 94 valence electrons. The first-order valence-corrected chi connectivity index (χ1v) is 6.91. The first-order chi connectivity index (χ1) is 8.66. The summed E-state index contributed by atoms with van der Waals surface area (Å²) in [5.41, 5.74) is 3.61. The second kappa shape index (κ2) is 4.43. The lowest BCUT2D eigenvalue weighted by Crippen LogP contribution is -2.08. The van der Waals surface area contributed by atoms with Crippen LogP contribution in [0.5, 0.6) is 5.75 Å². The van der Waals surface area contributed by atoms with E-state index in [0.717, 1.165) is 41.3 Å². The molecular formula is C14H15BrN2O. The average molecular weight is 307 g/mol. The molecule has 0 saturated heterocycles. The van der Waals surface area contributed by atoms with Crippen molar-refractivity contribution in [1.29, 1.82) is 0 Å². The standard InChI is InChI=1S/C14H15BrN2O/c1-9-16-14(15)13(17(9)2)11-5-6-12-10(8-11)4-3-7-18-12/h5-6,8H,3-4,7H2,1-2H3. The largest absolute Gasteiger partial charge is 0.493 e. The van der Waals surface area contributed by atoms with Gasteiger partial charge in [-0.2, -0.15) is 0 Å². The Kier molecular flexibility index (Phi) is 2.90. The van der Waals surface area contributed by atoms with E-state index in [4.69, 9.17) is 4.74 Å². The summed E-state index contributed by atoms with van der Waals surface area (Å²) in [5.74, 6) is 2.03. The van der Waals surface area contributed by atoms with E-state index in [1.807, 2.05) is 14.0 Å². The maximum atomic E-state index is 5.65. The van der Waals surface area contributed by atoms with Crippen molar-refractivity contribution in [3.8, 4) is 17.0 Å². The van der Waals surface area contributed by atoms with Crippen molar-refractivity contribution < 1.29 is 4.74 Å². The Balaban J connectivity index is 2.12. The number of ether oxygens (including phenoxy) is 1. The summed E-state index contributed by atoms with van der Waals surface area (Å²) >= 11 is 3.54. The van der Waals surface area contributed by atoms with Crippen molar-refractivity contribution in [1.82, 2.24) is 9.55 Å². The molecule has 4 heteroatoms. The minimum atomic E-state index is 0.834. The fourth-order valence-corrected chi connectivity index (χ4v) is 3.14. The van der Waals surface area contributed by atoms with E-state index in [-0.39, 0.29) is 0 Å². The quantitative estimate of drug-likeness (QED) is 0.806. The normalized spacial score (nSPS) is 14.2. The Labute approximate surface area is 115 Å². The average Bonchev–Trinajstić information content (AvgIpc) is 2.63. The van der Waals surface area contributed by atoms with Gasteiger partial charge in [0.25, 0.3) is 0 Å².